The first-order chi connectivity index (χ1) is 12.0. The Labute approximate surface area is 149 Å². The van der Waals surface area contributed by atoms with Gasteiger partial charge in [-0.3, -0.25) is 14.4 Å². The van der Waals surface area contributed by atoms with Crippen molar-refractivity contribution < 1.29 is 19.5 Å². The number of nitrogens with zero attached hydrogens (tertiary/aromatic N) is 1. The van der Waals surface area contributed by atoms with Gasteiger partial charge in [-0.05, 0) is 41.6 Å². The largest absolute Gasteiger partial charge is 0.481 e. The van der Waals surface area contributed by atoms with E-state index in [4.69, 9.17) is 5.11 Å². The smallest absolute Gasteiger partial charge is 0.305 e. The van der Waals surface area contributed by atoms with Crippen molar-refractivity contribution in [3.8, 4) is 0 Å². The minimum atomic E-state index is -0.968. The van der Waals surface area contributed by atoms with E-state index < -0.39 is 12.0 Å². The second-order valence-electron chi connectivity index (χ2n) is 5.90. The van der Waals surface area contributed by atoms with Crippen LogP contribution in [0.5, 0.6) is 0 Å². The highest BCUT2D eigenvalue weighted by Crippen LogP contribution is 2.29. The summed E-state index contributed by atoms with van der Waals surface area (Å²) in [7, 11) is 0. The zero-order valence-corrected chi connectivity index (χ0v) is 14.5. The molecular formula is C18H18N2O4S. The summed E-state index contributed by atoms with van der Waals surface area (Å²) >= 11 is 1.41. The first-order valence-corrected chi connectivity index (χ1v) is 8.80. The number of benzene rings is 1. The van der Waals surface area contributed by atoms with Crippen molar-refractivity contribution in [3.63, 3.8) is 0 Å². The van der Waals surface area contributed by atoms with Gasteiger partial charge in [0.25, 0.3) is 5.91 Å². The van der Waals surface area contributed by atoms with Crippen LogP contribution >= 0.6 is 11.3 Å². The van der Waals surface area contributed by atoms with Crippen molar-refractivity contribution in [2.24, 2.45) is 0 Å². The van der Waals surface area contributed by atoms with Crippen LogP contribution in [0.1, 0.15) is 40.2 Å². The molecule has 0 saturated carbocycles. The summed E-state index contributed by atoms with van der Waals surface area (Å²) in [6.07, 6.45) is 0.537. The first kappa shape index (κ1) is 17.2. The molecule has 1 aromatic carbocycles. The van der Waals surface area contributed by atoms with Gasteiger partial charge in [0.15, 0.2) is 0 Å². The van der Waals surface area contributed by atoms with Gasteiger partial charge in [0.05, 0.1) is 12.5 Å². The normalized spacial score (nSPS) is 14.0. The minimum absolute atomic E-state index is 0.0184. The molecule has 0 spiro atoms. The lowest BCUT2D eigenvalue weighted by Crippen LogP contribution is -2.29. The number of carboxylic acid groups (broad SMARTS) is 1. The van der Waals surface area contributed by atoms with E-state index in [1.54, 1.807) is 23.1 Å². The van der Waals surface area contributed by atoms with Crippen LogP contribution in [0.4, 0.5) is 5.69 Å². The molecule has 1 aliphatic heterocycles. The van der Waals surface area contributed by atoms with Crippen molar-refractivity contribution in [2.75, 3.05) is 11.4 Å². The van der Waals surface area contributed by atoms with Gasteiger partial charge in [0.1, 0.15) is 0 Å². The molecule has 3 rings (SSSR count). The van der Waals surface area contributed by atoms with Gasteiger partial charge in [0.2, 0.25) is 5.91 Å². The van der Waals surface area contributed by atoms with E-state index in [1.807, 2.05) is 17.5 Å². The lowest BCUT2D eigenvalue weighted by Gasteiger charge is -2.17. The third-order valence-electron chi connectivity index (χ3n) is 4.19. The number of aliphatic carboxylic acids is 1. The average molecular weight is 358 g/mol. The van der Waals surface area contributed by atoms with Gasteiger partial charge < -0.3 is 15.3 Å². The number of carboxylic acids is 1. The number of anilines is 1. The first-order valence-electron chi connectivity index (χ1n) is 7.93. The van der Waals surface area contributed by atoms with Crippen molar-refractivity contribution in [1.82, 2.24) is 5.32 Å². The zero-order valence-electron chi connectivity index (χ0n) is 13.7. The molecule has 1 aromatic heterocycles. The molecule has 2 aromatic rings. The molecule has 130 valence electrons. The van der Waals surface area contributed by atoms with E-state index >= 15 is 0 Å². The highest BCUT2D eigenvalue weighted by Gasteiger charge is 2.24. The van der Waals surface area contributed by atoms with Crippen molar-refractivity contribution >= 4 is 34.8 Å². The molecule has 2 N–H and O–H groups in total. The maximum atomic E-state index is 12.6. The fraction of sp³-hybridized carbons (Fsp3) is 0.278. The summed E-state index contributed by atoms with van der Waals surface area (Å²) < 4.78 is 0. The number of rotatable bonds is 5. The van der Waals surface area contributed by atoms with Crippen LogP contribution in [0.2, 0.25) is 0 Å². The van der Waals surface area contributed by atoms with Crippen LogP contribution in [0, 0.1) is 0 Å². The van der Waals surface area contributed by atoms with Crippen LogP contribution in [-0.2, 0) is 16.0 Å². The quantitative estimate of drug-likeness (QED) is 0.860. The highest BCUT2D eigenvalue weighted by atomic mass is 32.1. The Morgan fingerprint density at radius 2 is 2.12 bits per heavy atom. The van der Waals surface area contributed by atoms with Gasteiger partial charge in [-0.25, -0.2) is 0 Å². The molecule has 0 saturated heterocycles. The molecule has 0 bridgehead atoms. The summed E-state index contributed by atoms with van der Waals surface area (Å²) in [4.78, 5) is 37.8. The Balaban J connectivity index is 1.79. The molecule has 0 fully saturated rings. The number of hydrogen-bond donors (Lipinski definition) is 2. The zero-order chi connectivity index (χ0) is 18.0. The van der Waals surface area contributed by atoms with Crippen LogP contribution < -0.4 is 10.2 Å². The molecular weight excluding hydrogens is 340 g/mol. The van der Waals surface area contributed by atoms with Crippen molar-refractivity contribution in [3.05, 3.63) is 51.7 Å². The second kappa shape index (κ2) is 7.06. The fourth-order valence-electron chi connectivity index (χ4n) is 3.00. The van der Waals surface area contributed by atoms with Crippen molar-refractivity contribution in [1.29, 1.82) is 0 Å². The van der Waals surface area contributed by atoms with E-state index in [-0.39, 0.29) is 18.2 Å². The molecule has 2 heterocycles. The lowest BCUT2D eigenvalue weighted by molar-refractivity contribution is -0.137. The van der Waals surface area contributed by atoms with E-state index in [9.17, 15) is 14.4 Å². The maximum Gasteiger partial charge on any atom is 0.305 e. The van der Waals surface area contributed by atoms with Crippen LogP contribution in [0.25, 0.3) is 0 Å². The molecule has 6 nitrogen and oxygen atoms in total. The lowest BCUT2D eigenvalue weighted by atomic mass is 10.1. The minimum Gasteiger partial charge on any atom is -0.481 e. The summed E-state index contributed by atoms with van der Waals surface area (Å²) in [5.41, 5.74) is 2.26. The van der Waals surface area contributed by atoms with Gasteiger partial charge >= 0.3 is 5.97 Å². The van der Waals surface area contributed by atoms with Crippen molar-refractivity contribution in [2.45, 2.75) is 25.8 Å². The average Bonchev–Trinajstić information content (AvgIpc) is 3.22. The number of nitrogens with one attached hydrogen (secondary N) is 1. The van der Waals surface area contributed by atoms with E-state index in [2.05, 4.69) is 5.32 Å². The molecule has 0 radical (unpaired) electrons. The highest BCUT2D eigenvalue weighted by molar-refractivity contribution is 7.10. The molecule has 25 heavy (non-hydrogen) atoms. The number of hydrogen-bond acceptors (Lipinski definition) is 4. The molecule has 0 aliphatic carbocycles. The Morgan fingerprint density at radius 1 is 1.32 bits per heavy atom. The molecule has 1 unspecified atom stereocenters. The second-order valence-corrected chi connectivity index (χ2v) is 6.88. The summed E-state index contributed by atoms with van der Waals surface area (Å²) in [5, 5.41) is 13.7. The summed E-state index contributed by atoms with van der Waals surface area (Å²) in [5.74, 6) is -1.30. The van der Waals surface area contributed by atoms with E-state index in [0.717, 1.165) is 16.1 Å². The molecule has 7 heteroatoms. The maximum absolute atomic E-state index is 12.6. The van der Waals surface area contributed by atoms with Gasteiger partial charge in [0, 0.05) is 29.6 Å². The van der Waals surface area contributed by atoms with Gasteiger partial charge in [-0.15, -0.1) is 11.3 Å². The van der Waals surface area contributed by atoms with Crippen LogP contribution in [-0.4, -0.2) is 29.4 Å². The number of fused-ring (bicyclic) bond motifs is 1. The summed E-state index contributed by atoms with van der Waals surface area (Å²) in [6, 6.07) is 8.29. The Kier molecular flexibility index (Phi) is 4.85. The fourth-order valence-corrected chi connectivity index (χ4v) is 3.78. The van der Waals surface area contributed by atoms with E-state index in [1.165, 1.54) is 18.3 Å². The predicted molar refractivity (Wildman–Crippen MR) is 95.0 cm³/mol. The SMILES string of the molecule is CC(=O)N1CCc2cc(C(=O)NC(CC(=O)O)c3cccs3)ccc21. The Bertz CT molecular complexity index is 816. The Hall–Kier alpha value is -2.67. The Morgan fingerprint density at radius 3 is 2.76 bits per heavy atom. The number of amides is 2. The van der Waals surface area contributed by atoms with Gasteiger partial charge in [-0.1, -0.05) is 6.07 Å². The predicted octanol–water partition coefficient (Wildman–Crippen LogP) is 2.60. The molecule has 1 atom stereocenters. The van der Waals surface area contributed by atoms with Gasteiger partial charge in [-0.2, -0.15) is 0 Å². The van der Waals surface area contributed by atoms with E-state index in [0.29, 0.717) is 18.5 Å². The number of carbonyl (C=O) groups excluding carboxylic acids is 2. The summed E-state index contributed by atoms with van der Waals surface area (Å²) in [6.45, 7) is 2.14. The third kappa shape index (κ3) is 3.71. The number of thiophene rings is 1. The molecule has 2 amide bonds. The van der Waals surface area contributed by atoms with Crippen LogP contribution in [0.15, 0.2) is 35.7 Å². The standard InChI is InChI=1S/C18H18N2O4S/c1-11(21)20-7-6-12-9-13(4-5-15(12)20)18(24)19-14(10-17(22)23)16-3-2-8-25-16/h2-5,8-9,14H,6-7,10H2,1H3,(H,19,24)(H,22,23). The molecule has 1 aliphatic rings. The number of carbonyl (C=O) groups is 3. The van der Waals surface area contributed by atoms with Crippen LogP contribution in [0.3, 0.4) is 0 Å². The monoisotopic (exact) mass is 358 g/mol. The third-order valence-corrected chi connectivity index (χ3v) is 5.17. The topological polar surface area (TPSA) is 86.7 Å².